The lowest BCUT2D eigenvalue weighted by Gasteiger charge is -2.17. The SMILES string of the molecule is O=c1[nH]c2c(O)ccc(CCNCCc3ccc(CN4CC[C@@H](Oc5ccc(Cl)cc5)C4)cc3)c2s1. The number of hydrogen-bond acceptors (Lipinski definition) is 6. The molecule has 6 nitrogen and oxygen atoms in total. The standard InChI is InChI=1S/C28H30ClN3O3S/c29-22-6-8-23(9-7-22)35-24-13-16-32(18-24)17-20-3-1-19(2-4-20)11-14-30-15-12-21-5-10-25(33)26-27(21)36-28(34)31-26/h1-10,24,30,33H,11-18H2,(H,31,34)/t24-/m1/s1. The quantitative estimate of drug-likeness (QED) is 0.256. The number of aromatic amines is 1. The molecule has 36 heavy (non-hydrogen) atoms. The van der Waals surface area contributed by atoms with Crippen molar-refractivity contribution in [3.8, 4) is 11.5 Å². The van der Waals surface area contributed by atoms with Gasteiger partial charge in [-0.3, -0.25) is 9.69 Å². The number of likely N-dealkylation sites (tertiary alicyclic amines) is 1. The molecular weight excluding hydrogens is 494 g/mol. The fourth-order valence-corrected chi connectivity index (χ4v) is 5.69. The molecule has 0 unspecified atom stereocenters. The van der Waals surface area contributed by atoms with Crippen LogP contribution in [0.3, 0.4) is 0 Å². The van der Waals surface area contributed by atoms with Crippen molar-refractivity contribution in [3.05, 3.63) is 92.0 Å². The molecule has 0 amide bonds. The van der Waals surface area contributed by atoms with E-state index in [2.05, 4.69) is 39.5 Å². The summed E-state index contributed by atoms with van der Waals surface area (Å²) < 4.78 is 6.95. The zero-order valence-corrected chi connectivity index (χ0v) is 21.6. The number of hydrogen-bond donors (Lipinski definition) is 3. The Morgan fingerprint density at radius 1 is 1.03 bits per heavy atom. The van der Waals surface area contributed by atoms with Gasteiger partial charge in [0.15, 0.2) is 0 Å². The number of thiazole rings is 1. The van der Waals surface area contributed by atoms with Crippen molar-refractivity contribution in [3.63, 3.8) is 0 Å². The van der Waals surface area contributed by atoms with Gasteiger partial charge < -0.3 is 20.1 Å². The number of nitrogens with zero attached hydrogens (tertiary/aromatic N) is 1. The number of rotatable bonds is 10. The van der Waals surface area contributed by atoms with Crippen LogP contribution in [0.5, 0.6) is 11.5 Å². The third-order valence-electron chi connectivity index (χ3n) is 6.58. The van der Waals surface area contributed by atoms with Gasteiger partial charge in [-0.1, -0.05) is 53.3 Å². The molecule has 1 fully saturated rings. The summed E-state index contributed by atoms with van der Waals surface area (Å²) in [6, 6.07) is 20.0. The minimum Gasteiger partial charge on any atom is -0.506 e. The van der Waals surface area contributed by atoms with E-state index >= 15 is 0 Å². The number of phenolic OH excluding ortho intramolecular Hbond substituents is 1. The molecule has 0 spiro atoms. The van der Waals surface area contributed by atoms with Crippen molar-refractivity contribution in [2.75, 3.05) is 26.2 Å². The lowest BCUT2D eigenvalue weighted by Crippen LogP contribution is -2.24. The molecule has 0 bridgehead atoms. The van der Waals surface area contributed by atoms with Crippen LogP contribution in [0.1, 0.15) is 23.1 Å². The van der Waals surface area contributed by atoms with Crippen LogP contribution in [0.15, 0.2) is 65.5 Å². The largest absolute Gasteiger partial charge is 0.506 e. The third-order valence-corrected chi connectivity index (χ3v) is 7.79. The number of nitrogens with one attached hydrogen (secondary N) is 2. The molecule has 8 heteroatoms. The van der Waals surface area contributed by atoms with Crippen LogP contribution in [0.2, 0.25) is 5.02 Å². The Kier molecular flexibility index (Phi) is 7.92. The number of fused-ring (bicyclic) bond motifs is 1. The first-order valence-corrected chi connectivity index (χ1v) is 13.5. The Hall–Kier alpha value is -2.84. The number of H-pyrrole nitrogens is 1. The van der Waals surface area contributed by atoms with Crippen LogP contribution in [-0.2, 0) is 19.4 Å². The number of benzene rings is 3. The normalized spacial score (nSPS) is 16.1. The summed E-state index contributed by atoms with van der Waals surface area (Å²) in [6.45, 7) is 4.61. The Balaban J connectivity index is 1.03. The second-order valence-electron chi connectivity index (χ2n) is 9.25. The molecule has 2 heterocycles. The molecule has 0 aliphatic carbocycles. The van der Waals surface area contributed by atoms with Crippen molar-refractivity contribution in [1.29, 1.82) is 0 Å². The molecule has 1 aliphatic heterocycles. The number of aromatic nitrogens is 1. The first kappa shape index (κ1) is 24.8. The first-order valence-electron chi connectivity index (χ1n) is 12.3. The summed E-state index contributed by atoms with van der Waals surface area (Å²) in [7, 11) is 0. The van der Waals surface area contributed by atoms with E-state index in [1.807, 2.05) is 30.3 Å². The maximum atomic E-state index is 11.7. The monoisotopic (exact) mass is 523 g/mol. The summed E-state index contributed by atoms with van der Waals surface area (Å²) in [6.07, 6.45) is 3.02. The highest BCUT2D eigenvalue weighted by atomic mass is 35.5. The smallest absolute Gasteiger partial charge is 0.305 e. The van der Waals surface area contributed by atoms with Gasteiger partial charge in [0, 0.05) is 24.7 Å². The Morgan fingerprint density at radius 3 is 2.58 bits per heavy atom. The van der Waals surface area contributed by atoms with Crippen molar-refractivity contribution in [2.45, 2.75) is 31.9 Å². The van der Waals surface area contributed by atoms with E-state index in [4.69, 9.17) is 16.3 Å². The second-order valence-corrected chi connectivity index (χ2v) is 10.7. The van der Waals surface area contributed by atoms with Gasteiger partial charge in [0.25, 0.3) is 0 Å². The summed E-state index contributed by atoms with van der Waals surface area (Å²) in [5, 5.41) is 14.1. The van der Waals surface area contributed by atoms with Gasteiger partial charge in [-0.25, -0.2) is 0 Å². The number of halogens is 1. The molecule has 0 saturated carbocycles. The van der Waals surface area contributed by atoms with Crippen molar-refractivity contribution in [2.24, 2.45) is 0 Å². The molecule has 3 aromatic carbocycles. The molecule has 5 rings (SSSR count). The van der Waals surface area contributed by atoms with Gasteiger partial charge in [-0.05, 0) is 79.4 Å². The molecule has 1 saturated heterocycles. The number of aromatic hydroxyl groups is 1. The third kappa shape index (κ3) is 6.28. The molecule has 1 aromatic heterocycles. The van der Waals surface area contributed by atoms with E-state index in [1.54, 1.807) is 6.07 Å². The Morgan fingerprint density at radius 2 is 1.78 bits per heavy atom. The predicted octanol–water partition coefficient (Wildman–Crippen LogP) is 4.98. The topological polar surface area (TPSA) is 77.6 Å². The maximum Gasteiger partial charge on any atom is 0.305 e. The molecular formula is C28H30ClN3O3S. The highest BCUT2D eigenvalue weighted by Gasteiger charge is 2.24. The summed E-state index contributed by atoms with van der Waals surface area (Å²) in [5.41, 5.74) is 4.25. The van der Waals surface area contributed by atoms with E-state index in [-0.39, 0.29) is 16.7 Å². The first-order chi connectivity index (χ1) is 17.5. The average molecular weight is 524 g/mol. The lowest BCUT2D eigenvalue weighted by molar-refractivity contribution is 0.198. The van der Waals surface area contributed by atoms with Gasteiger partial charge in [-0.2, -0.15) is 0 Å². The van der Waals surface area contributed by atoms with Crippen LogP contribution in [0.4, 0.5) is 0 Å². The minimum absolute atomic E-state index is 0.124. The van der Waals surface area contributed by atoms with Crippen LogP contribution in [0, 0.1) is 0 Å². The number of phenols is 1. The van der Waals surface area contributed by atoms with Crippen LogP contribution >= 0.6 is 22.9 Å². The van der Waals surface area contributed by atoms with Crippen LogP contribution in [-0.4, -0.2) is 47.3 Å². The zero-order chi connectivity index (χ0) is 24.9. The second kappa shape index (κ2) is 11.5. The Labute approximate surface area is 219 Å². The van der Waals surface area contributed by atoms with Crippen molar-refractivity contribution < 1.29 is 9.84 Å². The van der Waals surface area contributed by atoms with E-state index in [0.29, 0.717) is 5.52 Å². The minimum atomic E-state index is -0.139. The van der Waals surface area contributed by atoms with Crippen LogP contribution < -0.4 is 14.9 Å². The summed E-state index contributed by atoms with van der Waals surface area (Å²) in [4.78, 5) is 16.7. The zero-order valence-electron chi connectivity index (χ0n) is 20.0. The number of ether oxygens (including phenoxy) is 1. The van der Waals surface area contributed by atoms with E-state index in [0.717, 1.165) is 84.4 Å². The highest BCUT2D eigenvalue weighted by Crippen LogP contribution is 2.28. The van der Waals surface area contributed by atoms with Gasteiger partial charge in [0.2, 0.25) is 0 Å². The highest BCUT2D eigenvalue weighted by molar-refractivity contribution is 7.16. The lowest BCUT2D eigenvalue weighted by atomic mass is 10.1. The average Bonchev–Trinajstić information content (AvgIpc) is 3.49. The van der Waals surface area contributed by atoms with Crippen molar-refractivity contribution >= 4 is 33.2 Å². The van der Waals surface area contributed by atoms with Gasteiger partial charge in [-0.15, -0.1) is 0 Å². The van der Waals surface area contributed by atoms with E-state index in [9.17, 15) is 9.90 Å². The van der Waals surface area contributed by atoms with Gasteiger partial charge in [0.05, 0.1) is 4.70 Å². The molecule has 188 valence electrons. The van der Waals surface area contributed by atoms with Gasteiger partial charge in [0.1, 0.15) is 23.1 Å². The maximum absolute atomic E-state index is 11.7. The fraction of sp³-hybridized carbons (Fsp3) is 0.321. The van der Waals surface area contributed by atoms with Crippen LogP contribution in [0.25, 0.3) is 10.2 Å². The summed E-state index contributed by atoms with van der Waals surface area (Å²) in [5.74, 6) is 1.00. The molecule has 0 radical (unpaired) electrons. The molecule has 1 atom stereocenters. The summed E-state index contributed by atoms with van der Waals surface area (Å²) >= 11 is 7.11. The van der Waals surface area contributed by atoms with E-state index in [1.165, 1.54) is 11.1 Å². The molecule has 1 aliphatic rings. The van der Waals surface area contributed by atoms with E-state index < -0.39 is 0 Å². The fourth-order valence-electron chi connectivity index (χ4n) is 4.66. The van der Waals surface area contributed by atoms with Gasteiger partial charge >= 0.3 is 4.87 Å². The molecule has 3 N–H and O–H groups in total. The molecule has 4 aromatic rings. The predicted molar refractivity (Wildman–Crippen MR) is 147 cm³/mol. The van der Waals surface area contributed by atoms with Crippen molar-refractivity contribution in [1.82, 2.24) is 15.2 Å². The Bertz CT molecular complexity index is 1350.